The van der Waals surface area contributed by atoms with Gasteiger partial charge in [-0.3, -0.25) is 9.69 Å². The van der Waals surface area contributed by atoms with E-state index in [2.05, 4.69) is 34.5 Å². The van der Waals surface area contributed by atoms with Crippen molar-refractivity contribution in [1.82, 2.24) is 4.90 Å². The quantitative estimate of drug-likeness (QED) is 0.938. The lowest BCUT2D eigenvalue weighted by Crippen LogP contribution is -2.37. The Bertz CT molecular complexity index is 699. The summed E-state index contributed by atoms with van der Waals surface area (Å²) in [5.74, 6) is 0.0183. The van der Waals surface area contributed by atoms with Crippen LogP contribution in [0.1, 0.15) is 16.7 Å². The monoisotopic (exact) mass is 314 g/mol. The summed E-state index contributed by atoms with van der Waals surface area (Å²) in [5.41, 5.74) is 4.52. The number of aryl methyl sites for hydroxylation is 1. The van der Waals surface area contributed by atoms with E-state index in [-0.39, 0.29) is 5.91 Å². The van der Waals surface area contributed by atoms with Crippen LogP contribution < -0.4 is 5.32 Å². The van der Waals surface area contributed by atoms with Crippen molar-refractivity contribution < 1.29 is 4.79 Å². The molecule has 1 N–H and O–H groups in total. The zero-order valence-electron chi connectivity index (χ0n) is 12.6. The van der Waals surface area contributed by atoms with Gasteiger partial charge >= 0.3 is 0 Å². The average molecular weight is 315 g/mol. The Morgan fingerprint density at radius 3 is 2.77 bits per heavy atom. The highest BCUT2D eigenvalue weighted by Crippen LogP contribution is 2.21. The van der Waals surface area contributed by atoms with E-state index in [0.717, 1.165) is 30.8 Å². The van der Waals surface area contributed by atoms with Crippen LogP contribution >= 0.6 is 11.6 Å². The number of halogens is 1. The van der Waals surface area contributed by atoms with Crippen molar-refractivity contribution in [1.29, 1.82) is 0 Å². The Hall–Kier alpha value is -1.84. The molecule has 3 rings (SSSR count). The van der Waals surface area contributed by atoms with Gasteiger partial charge in [-0.2, -0.15) is 0 Å². The second kappa shape index (κ2) is 6.51. The topological polar surface area (TPSA) is 32.3 Å². The molecule has 0 bridgehead atoms. The number of amides is 1. The molecule has 0 saturated heterocycles. The first-order valence-electron chi connectivity index (χ1n) is 7.47. The molecule has 0 saturated carbocycles. The van der Waals surface area contributed by atoms with Gasteiger partial charge in [0.25, 0.3) is 0 Å². The van der Waals surface area contributed by atoms with Gasteiger partial charge in [0, 0.05) is 23.8 Å². The lowest BCUT2D eigenvalue weighted by Gasteiger charge is -2.28. The SMILES string of the molecule is Cc1cc(Cl)ccc1NC(=O)CN1CCc2ccccc2C1. The minimum atomic E-state index is 0.0183. The molecule has 3 nitrogen and oxygen atoms in total. The van der Waals surface area contributed by atoms with Gasteiger partial charge in [0.1, 0.15) is 0 Å². The highest BCUT2D eigenvalue weighted by Gasteiger charge is 2.18. The van der Waals surface area contributed by atoms with Gasteiger partial charge in [-0.15, -0.1) is 0 Å². The highest BCUT2D eigenvalue weighted by atomic mass is 35.5. The van der Waals surface area contributed by atoms with Crippen molar-refractivity contribution in [2.45, 2.75) is 19.9 Å². The highest BCUT2D eigenvalue weighted by molar-refractivity contribution is 6.30. The molecule has 1 aliphatic heterocycles. The summed E-state index contributed by atoms with van der Waals surface area (Å²) in [4.78, 5) is 14.4. The van der Waals surface area contributed by atoms with Crippen molar-refractivity contribution in [3.63, 3.8) is 0 Å². The van der Waals surface area contributed by atoms with Crippen molar-refractivity contribution in [2.24, 2.45) is 0 Å². The molecular formula is C18H19ClN2O. The Labute approximate surface area is 135 Å². The third kappa shape index (κ3) is 3.49. The Kier molecular flexibility index (Phi) is 4.46. The molecule has 1 heterocycles. The number of nitrogens with zero attached hydrogens (tertiary/aromatic N) is 1. The number of hydrogen-bond donors (Lipinski definition) is 1. The van der Waals surface area contributed by atoms with Crippen LogP contribution in [0.25, 0.3) is 0 Å². The van der Waals surface area contributed by atoms with E-state index in [0.29, 0.717) is 11.6 Å². The standard InChI is InChI=1S/C18H19ClN2O/c1-13-10-16(19)6-7-17(13)20-18(22)12-21-9-8-14-4-2-3-5-15(14)11-21/h2-7,10H,8-9,11-12H2,1H3,(H,20,22). The van der Waals surface area contributed by atoms with E-state index in [1.165, 1.54) is 11.1 Å². The number of hydrogen-bond acceptors (Lipinski definition) is 2. The smallest absolute Gasteiger partial charge is 0.238 e. The van der Waals surface area contributed by atoms with E-state index in [9.17, 15) is 4.79 Å². The van der Waals surface area contributed by atoms with E-state index in [4.69, 9.17) is 11.6 Å². The fourth-order valence-electron chi connectivity index (χ4n) is 2.85. The predicted octanol–water partition coefficient (Wildman–Crippen LogP) is 3.65. The number of anilines is 1. The fourth-order valence-corrected chi connectivity index (χ4v) is 3.08. The summed E-state index contributed by atoms with van der Waals surface area (Å²) >= 11 is 5.94. The maximum Gasteiger partial charge on any atom is 0.238 e. The van der Waals surface area contributed by atoms with E-state index in [1.54, 1.807) is 6.07 Å². The molecule has 0 fully saturated rings. The third-order valence-electron chi connectivity index (χ3n) is 4.04. The van der Waals surface area contributed by atoms with E-state index >= 15 is 0 Å². The normalized spacial score (nSPS) is 14.5. The maximum atomic E-state index is 12.2. The fraction of sp³-hybridized carbons (Fsp3) is 0.278. The van der Waals surface area contributed by atoms with Crippen LogP contribution in [0.4, 0.5) is 5.69 Å². The summed E-state index contributed by atoms with van der Waals surface area (Å²) in [6.45, 7) is 4.11. The molecule has 0 unspecified atom stereocenters. The molecule has 0 atom stereocenters. The first-order chi connectivity index (χ1) is 10.6. The van der Waals surface area contributed by atoms with Crippen LogP contribution in [0.5, 0.6) is 0 Å². The van der Waals surface area contributed by atoms with Crippen molar-refractivity contribution in [3.8, 4) is 0 Å². The first kappa shape index (κ1) is 15.1. The number of carbonyl (C=O) groups excluding carboxylic acids is 1. The lowest BCUT2D eigenvalue weighted by atomic mass is 10.00. The van der Waals surface area contributed by atoms with Gasteiger partial charge in [-0.25, -0.2) is 0 Å². The molecule has 0 radical (unpaired) electrons. The maximum absolute atomic E-state index is 12.2. The van der Waals surface area contributed by atoms with Crippen LogP contribution in [0, 0.1) is 6.92 Å². The third-order valence-corrected chi connectivity index (χ3v) is 4.27. The van der Waals surface area contributed by atoms with Gasteiger partial charge in [0.2, 0.25) is 5.91 Å². The zero-order valence-corrected chi connectivity index (χ0v) is 13.4. The van der Waals surface area contributed by atoms with Gasteiger partial charge in [0.05, 0.1) is 6.54 Å². The van der Waals surface area contributed by atoms with Gasteiger partial charge in [0.15, 0.2) is 0 Å². The number of rotatable bonds is 3. The summed E-state index contributed by atoms with van der Waals surface area (Å²) < 4.78 is 0. The molecule has 2 aromatic rings. The second-order valence-electron chi connectivity index (χ2n) is 5.74. The number of fused-ring (bicyclic) bond motifs is 1. The van der Waals surface area contributed by atoms with Gasteiger partial charge < -0.3 is 5.32 Å². The lowest BCUT2D eigenvalue weighted by molar-refractivity contribution is -0.117. The van der Waals surface area contributed by atoms with Crippen LogP contribution in [0.15, 0.2) is 42.5 Å². The Balaban J connectivity index is 1.61. The zero-order chi connectivity index (χ0) is 15.5. The Morgan fingerprint density at radius 1 is 1.23 bits per heavy atom. The van der Waals surface area contributed by atoms with Crippen molar-refractivity contribution in [3.05, 3.63) is 64.2 Å². The average Bonchev–Trinajstić information content (AvgIpc) is 2.50. The molecule has 1 aliphatic rings. The molecule has 4 heteroatoms. The molecular weight excluding hydrogens is 296 g/mol. The summed E-state index contributed by atoms with van der Waals surface area (Å²) in [6.07, 6.45) is 1.00. The molecule has 114 valence electrons. The van der Waals surface area contributed by atoms with Gasteiger partial charge in [-0.1, -0.05) is 35.9 Å². The van der Waals surface area contributed by atoms with Crippen LogP contribution in [0.3, 0.4) is 0 Å². The molecule has 22 heavy (non-hydrogen) atoms. The minimum absolute atomic E-state index is 0.0183. The van der Waals surface area contributed by atoms with Crippen LogP contribution in [-0.4, -0.2) is 23.9 Å². The molecule has 0 aromatic heterocycles. The van der Waals surface area contributed by atoms with Crippen molar-refractivity contribution in [2.75, 3.05) is 18.4 Å². The summed E-state index contributed by atoms with van der Waals surface area (Å²) in [5, 5.41) is 3.65. The largest absolute Gasteiger partial charge is 0.325 e. The molecule has 0 spiro atoms. The van der Waals surface area contributed by atoms with Crippen molar-refractivity contribution >= 4 is 23.2 Å². The molecule has 0 aliphatic carbocycles. The van der Waals surface area contributed by atoms with Crippen LogP contribution in [-0.2, 0) is 17.8 Å². The van der Waals surface area contributed by atoms with Crippen LogP contribution in [0.2, 0.25) is 5.02 Å². The van der Waals surface area contributed by atoms with E-state index < -0.39 is 0 Å². The van der Waals surface area contributed by atoms with Gasteiger partial charge in [-0.05, 0) is 48.2 Å². The second-order valence-corrected chi connectivity index (χ2v) is 6.17. The molecule has 1 amide bonds. The number of carbonyl (C=O) groups is 1. The predicted molar refractivity (Wildman–Crippen MR) is 90.2 cm³/mol. The Morgan fingerprint density at radius 2 is 2.00 bits per heavy atom. The number of benzene rings is 2. The summed E-state index contributed by atoms with van der Waals surface area (Å²) in [7, 11) is 0. The summed E-state index contributed by atoms with van der Waals surface area (Å²) in [6, 6.07) is 13.9. The minimum Gasteiger partial charge on any atom is -0.325 e. The first-order valence-corrected chi connectivity index (χ1v) is 7.85. The number of nitrogens with one attached hydrogen (secondary N) is 1. The van der Waals surface area contributed by atoms with E-state index in [1.807, 2.05) is 19.1 Å². The molecule has 2 aromatic carbocycles.